The van der Waals surface area contributed by atoms with Crippen LogP contribution in [-0.4, -0.2) is 24.0 Å². The molecule has 122 valence electrons. The van der Waals surface area contributed by atoms with Crippen molar-refractivity contribution in [1.82, 2.24) is 10.3 Å². The third kappa shape index (κ3) is 4.59. The van der Waals surface area contributed by atoms with Gasteiger partial charge in [0.05, 0.1) is 0 Å². The van der Waals surface area contributed by atoms with E-state index in [2.05, 4.69) is 15.6 Å². The SMILES string of the molecule is O=C(CCC1CCNC1)Nc1ncc(Cc2ccccc2F)s1. The normalized spacial score (nSPS) is 17.3. The molecule has 1 unspecified atom stereocenters. The molecule has 0 spiro atoms. The van der Waals surface area contributed by atoms with E-state index in [9.17, 15) is 9.18 Å². The Morgan fingerprint density at radius 1 is 1.43 bits per heavy atom. The molecule has 1 aromatic heterocycles. The highest BCUT2D eigenvalue weighted by Gasteiger charge is 2.16. The van der Waals surface area contributed by atoms with Crippen LogP contribution in [-0.2, 0) is 11.2 Å². The van der Waals surface area contributed by atoms with Gasteiger partial charge in [-0.25, -0.2) is 9.37 Å². The van der Waals surface area contributed by atoms with E-state index >= 15 is 0 Å². The Kier molecular flexibility index (Phi) is 5.35. The van der Waals surface area contributed by atoms with Crippen LogP contribution < -0.4 is 10.6 Å². The van der Waals surface area contributed by atoms with Gasteiger partial charge in [0.1, 0.15) is 5.82 Å². The lowest BCUT2D eigenvalue weighted by atomic mass is 10.0. The van der Waals surface area contributed by atoms with Crippen molar-refractivity contribution in [3.8, 4) is 0 Å². The van der Waals surface area contributed by atoms with Gasteiger partial charge in [0.25, 0.3) is 0 Å². The first-order valence-corrected chi connectivity index (χ1v) is 8.71. The number of carbonyl (C=O) groups is 1. The third-order valence-electron chi connectivity index (χ3n) is 4.06. The molecule has 1 aliphatic heterocycles. The van der Waals surface area contributed by atoms with E-state index in [4.69, 9.17) is 0 Å². The molecule has 4 nitrogen and oxygen atoms in total. The molecular formula is C17H20FN3OS. The topological polar surface area (TPSA) is 54.0 Å². The summed E-state index contributed by atoms with van der Waals surface area (Å²) in [5.74, 6) is 0.397. The van der Waals surface area contributed by atoms with Crippen molar-refractivity contribution in [3.63, 3.8) is 0 Å². The number of benzene rings is 1. The van der Waals surface area contributed by atoms with Gasteiger partial charge in [0.2, 0.25) is 5.91 Å². The molecule has 0 radical (unpaired) electrons. The van der Waals surface area contributed by atoms with Crippen LogP contribution in [0.2, 0.25) is 0 Å². The van der Waals surface area contributed by atoms with E-state index in [0.29, 0.717) is 29.5 Å². The molecule has 2 N–H and O–H groups in total. The van der Waals surface area contributed by atoms with E-state index in [1.54, 1.807) is 18.3 Å². The Morgan fingerprint density at radius 2 is 2.30 bits per heavy atom. The molecule has 2 heterocycles. The van der Waals surface area contributed by atoms with Crippen molar-refractivity contribution >= 4 is 22.4 Å². The van der Waals surface area contributed by atoms with Crippen molar-refractivity contribution < 1.29 is 9.18 Å². The molecule has 6 heteroatoms. The lowest BCUT2D eigenvalue weighted by Crippen LogP contribution is -2.14. The fourth-order valence-corrected chi connectivity index (χ4v) is 3.61. The Bertz CT molecular complexity index is 667. The number of hydrogen-bond acceptors (Lipinski definition) is 4. The number of rotatable bonds is 6. The summed E-state index contributed by atoms with van der Waals surface area (Å²) >= 11 is 1.40. The number of hydrogen-bond donors (Lipinski definition) is 2. The largest absolute Gasteiger partial charge is 0.316 e. The quantitative estimate of drug-likeness (QED) is 0.853. The number of anilines is 1. The van der Waals surface area contributed by atoms with E-state index in [-0.39, 0.29) is 11.7 Å². The highest BCUT2D eigenvalue weighted by atomic mass is 32.1. The summed E-state index contributed by atoms with van der Waals surface area (Å²) in [6.45, 7) is 2.06. The number of carbonyl (C=O) groups excluding carboxylic acids is 1. The molecule has 1 saturated heterocycles. The predicted molar refractivity (Wildman–Crippen MR) is 90.2 cm³/mol. The minimum absolute atomic E-state index is 0.00342. The highest BCUT2D eigenvalue weighted by molar-refractivity contribution is 7.15. The van der Waals surface area contributed by atoms with Gasteiger partial charge in [-0.1, -0.05) is 18.2 Å². The van der Waals surface area contributed by atoms with Crippen LogP contribution >= 0.6 is 11.3 Å². The van der Waals surface area contributed by atoms with Crippen LogP contribution in [0.3, 0.4) is 0 Å². The minimum atomic E-state index is -0.211. The van der Waals surface area contributed by atoms with Gasteiger partial charge in [0, 0.05) is 23.9 Å². The molecule has 1 amide bonds. The zero-order valence-corrected chi connectivity index (χ0v) is 13.7. The molecule has 0 aliphatic carbocycles. The van der Waals surface area contributed by atoms with E-state index < -0.39 is 0 Å². The van der Waals surface area contributed by atoms with Gasteiger partial charge >= 0.3 is 0 Å². The second-order valence-corrected chi connectivity index (χ2v) is 6.96. The van der Waals surface area contributed by atoms with Gasteiger partial charge in [0.15, 0.2) is 5.13 Å². The monoisotopic (exact) mass is 333 g/mol. The van der Waals surface area contributed by atoms with Gasteiger partial charge < -0.3 is 10.6 Å². The van der Waals surface area contributed by atoms with Gasteiger partial charge in [-0.05, 0) is 43.5 Å². The number of amides is 1. The molecule has 3 rings (SSSR count). The van der Waals surface area contributed by atoms with Crippen molar-refractivity contribution in [2.45, 2.75) is 25.7 Å². The number of halogens is 1. The van der Waals surface area contributed by atoms with Crippen LogP contribution in [0.1, 0.15) is 29.7 Å². The van der Waals surface area contributed by atoms with E-state index in [1.807, 2.05) is 6.07 Å². The van der Waals surface area contributed by atoms with E-state index in [0.717, 1.165) is 30.8 Å². The Morgan fingerprint density at radius 3 is 3.09 bits per heavy atom. The summed E-state index contributed by atoms with van der Waals surface area (Å²) in [6.07, 6.45) is 4.78. The molecule has 1 atom stereocenters. The number of nitrogens with zero attached hydrogens (tertiary/aromatic N) is 1. The molecule has 1 aliphatic rings. The van der Waals surface area contributed by atoms with Crippen molar-refractivity contribution in [1.29, 1.82) is 0 Å². The summed E-state index contributed by atoms with van der Waals surface area (Å²) in [5.41, 5.74) is 0.641. The number of aromatic nitrogens is 1. The smallest absolute Gasteiger partial charge is 0.226 e. The fourth-order valence-electron chi connectivity index (χ4n) is 2.75. The number of nitrogens with one attached hydrogen (secondary N) is 2. The lowest BCUT2D eigenvalue weighted by Gasteiger charge is -2.06. The van der Waals surface area contributed by atoms with Crippen LogP contribution in [0, 0.1) is 11.7 Å². The Labute approximate surface area is 139 Å². The summed E-state index contributed by atoms with van der Waals surface area (Å²) in [5, 5.41) is 6.73. The molecule has 1 aromatic carbocycles. The maximum atomic E-state index is 13.6. The van der Waals surface area contributed by atoms with Gasteiger partial charge in [-0.2, -0.15) is 0 Å². The van der Waals surface area contributed by atoms with Gasteiger partial charge in [-0.15, -0.1) is 11.3 Å². The fraction of sp³-hybridized carbons (Fsp3) is 0.412. The Balaban J connectivity index is 1.50. The second-order valence-electron chi connectivity index (χ2n) is 5.85. The minimum Gasteiger partial charge on any atom is -0.316 e. The van der Waals surface area contributed by atoms with Crippen LogP contribution in [0.25, 0.3) is 0 Å². The summed E-state index contributed by atoms with van der Waals surface area (Å²) in [6, 6.07) is 6.72. The standard InChI is InChI=1S/C17H20FN3OS/c18-15-4-2-1-3-13(15)9-14-11-20-17(23-14)21-16(22)6-5-12-7-8-19-10-12/h1-4,11-12,19H,5-10H2,(H,20,21,22). The summed E-state index contributed by atoms with van der Waals surface area (Å²) < 4.78 is 13.6. The maximum absolute atomic E-state index is 13.6. The highest BCUT2D eigenvalue weighted by Crippen LogP contribution is 2.23. The third-order valence-corrected chi connectivity index (χ3v) is 4.98. The molecule has 0 bridgehead atoms. The van der Waals surface area contributed by atoms with Crippen molar-refractivity contribution in [2.24, 2.45) is 5.92 Å². The molecule has 2 aromatic rings. The molecule has 1 fully saturated rings. The zero-order valence-electron chi connectivity index (χ0n) is 12.8. The lowest BCUT2D eigenvalue weighted by molar-refractivity contribution is -0.116. The molecular weight excluding hydrogens is 313 g/mol. The number of thiazole rings is 1. The first-order valence-electron chi connectivity index (χ1n) is 7.89. The average molecular weight is 333 g/mol. The second kappa shape index (κ2) is 7.66. The van der Waals surface area contributed by atoms with Crippen molar-refractivity contribution in [3.05, 3.63) is 46.7 Å². The Hall–Kier alpha value is -1.79. The van der Waals surface area contributed by atoms with Crippen LogP contribution in [0.15, 0.2) is 30.5 Å². The zero-order chi connectivity index (χ0) is 16.1. The van der Waals surface area contributed by atoms with E-state index in [1.165, 1.54) is 17.4 Å². The first-order chi connectivity index (χ1) is 11.2. The van der Waals surface area contributed by atoms with Gasteiger partial charge in [-0.3, -0.25) is 4.79 Å². The maximum Gasteiger partial charge on any atom is 0.226 e. The molecule has 0 saturated carbocycles. The predicted octanol–water partition coefficient (Wildman–Crippen LogP) is 3.20. The summed E-state index contributed by atoms with van der Waals surface area (Å²) in [7, 11) is 0. The van der Waals surface area contributed by atoms with Crippen LogP contribution in [0.4, 0.5) is 9.52 Å². The first kappa shape index (κ1) is 16.1. The molecule has 23 heavy (non-hydrogen) atoms. The van der Waals surface area contributed by atoms with Crippen LogP contribution in [0.5, 0.6) is 0 Å². The summed E-state index contributed by atoms with van der Waals surface area (Å²) in [4.78, 5) is 17.1. The van der Waals surface area contributed by atoms with Crippen molar-refractivity contribution in [2.75, 3.05) is 18.4 Å². The average Bonchev–Trinajstić information content (AvgIpc) is 3.19.